The molecule has 2 aromatic heterocycles. The highest BCUT2D eigenvalue weighted by molar-refractivity contribution is 9.10. The summed E-state index contributed by atoms with van der Waals surface area (Å²) in [6.45, 7) is 0. The van der Waals surface area contributed by atoms with Crippen LogP contribution in [0.15, 0.2) is 46.9 Å². The predicted molar refractivity (Wildman–Crippen MR) is 94.1 cm³/mol. The molecule has 5 aromatic rings. The van der Waals surface area contributed by atoms with Gasteiger partial charge in [0.15, 0.2) is 0 Å². The molecule has 0 atom stereocenters. The fourth-order valence-electron chi connectivity index (χ4n) is 3.01. The summed E-state index contributed by atoms with van der Waals surface area (Å²) in [5, 5.41) is 4.90. The molecule has 0 aliphatic rings. The van der Waals surface area contributed by atoms with Crippen molar-refractivity contribution in [2.75, 3.05) is 0 Å². The van der Waals surface area contributed by atoms with Gasteiger partial charge in [0.2, 0.25) is 0 Å². The van der Waals surface area contributed by atoms with Crippen LogP contribution in [0.2, 0.25) is 0 Å². The van der Waals surface area contributed by atoms with Crippen LogP contribution in [0.3, 0.4) is 0 Å². The molecule has 0 aliphatic carbocycles. The number of aromatic amines is 1. The van der Waals surface area contributed by atoms with Gasteiger partial charge in [-0.1, -0.05) is 46.3 Å². The summed E-state index contributed by atoms with van der Waals surface area (Å²) in [5.41, 5.74) is 2.31. The molecule has 0 unspecified atom stereocenters. The number of thiophene rings is 1. The first-order chi connectivity index (χ1) is 10.3. The van der Waals surface area contributed by atoms with Gasteiger partial charge in [-0.25, -0.2) is 0 Å². The predicted octanol–water partition coefficient (Wildman–Crippen LogP) is 6.05. The molecule has 0 saturated heterocycles. The molecule has 0 saturated carbocycles. The van der Waals surface area contributed by atoms with Crippen LogP contribution in [0.4, 0.5) is 0 Å². The minimum Gasteiger partial charge on any atom is -0.353 e. The zero-order valence-electron chi connectivity index (χ0n) is 10.8. The summed E-state index contributed by atoms with van der Waals surface area (Å²) >= 11 is 5.59. The SMILES string of the molecule is Brc1cc2c3c#cccc3[nH]c2c2sc3ccccc3c12. The highest BCUT2D eigenvalue weighted by Crippen LogP contribution is 2.43. The molecule has 0 fully saturated rings. The molecule has 21 heavy (non-hydrogen) atoms. The summed E-state index contributed by atoms with van der Waals surface area (Å²) in [5.74, 6) is 0. The van der Waals surface area contributed by atoms with Gasteiger partial charge in [0.05, 0.1) is 21.1 Å². The Morgan fingerprint density at radius 2 is 2.00 bits per heavy atom. The van der Waals surface area contributed by atoms with Crippen molar-refractivity contribution in [2.45, 2.75) is 0 Å². The summed E-state index contributed by atoms with van der Waals surface area (Å²) in [4.78, 5) is 3.55. The standard InChI is InChI=1S/C18H8BrNS/c19-13-9-12-10-5-1-3-7-14(10)20-17(12)18-16(13)11-6-2-4-8-15(11)21-18/h2-4,6-9,20H. The monoisotopic (exact) mass is 349 g/mol. The molecule has 0 bridgehead atoms. The molecular weight excluding hydrogens is 342 g/mol. The number of fused-ring (bicyclic) bond motifs is 7. The van der Waals surface area contributed by atoms with Crippen molar-refractivity contribution in [3.8, 4) is 0 Å². The summed E-state index contributed by atoms with van der Waals surface area (Å²) in [7, 11) is 0. The fourth-order valence-corrected chi connectivity index (χ4v) is 5.02. The first-order valence-electron chi connectivity index (χ1n) is 6.66. The Kier molecular flexibility index (Phi) is 2.22. The second kappa shape index (κ2) is 4.00. The van der Waals surface area contributed by atoms with E-state index in [1.54, 1.807) is 0 Å². The Balaban J connectivity index is 2.14. The van der Waals surface area contributed by atoms with Gasteiger partial charge in [0.1, 0.15) is 0 Å². The molecule has 0 amide bonds. The Hall–Kier alpha value is -2.02. The maximum atomic E-state index is 3.76. The first-order valence-corrected chi connectivity index (χ1v) is 8.27. The van der Waals surface area contributed by atoms with Gasteiger partial charge < -0.3 is 4.98 Å². The van der Waals surface area contributed by atoms with E-state index < -0.39 is 0 Å². The van der Waals surface area contributed by atoms with Crippen LogP contribution in [-0.4, -0.2) is 4.98 Å². The van der Waals surface area contributed by atoms with Gasteiger partial charge in [0, 0.05) is 25.3 Å². The largest absolute Gasteiger partial charge is 0.353 e. The quantitative estimate of drug-likeness (QED) is 0.350. The van der Waals surface area contributed by atoms with E-state index >= 15 is 0 Å². The van der Waals surface area contributed by atoms with Crippen LogP contribution >= 0.6 is 27.3 Å². The molecule has 98 valence electrons. The molecule has 5 rings (SSSR count). The molecule has 0 radical (unpaired) electrons. The van der Waals surface area contributed by atoms with Crippen LogP contribution in [0.5, 0.6) is 0 Å². The van der Waals surface area contributed by atoms with Crippen LogP contribution in [0.25, 0.3) is 42.0 Å². The molecule has 1 N–H and O–H groups in total. The number of H-pyrrole nitrogens is 1. The van der Waals surface area contributed by atoms with Gasteiger partial charge in [0.25, 0.3) is 0 Å². The van der Waals surface area contributed by atoms with Gasteiger partial charge in [-0.15, -0.1) is 11.3 Å². The summed E-state index contributed by atoms with van der Waals surface area (Å²) in [6, 6.07) is 21.0. The molecule has 0 spiro atoms. The average molecular weight is 350 g/mol. The van der Waals surface area contributed by atoms with E-state index in [-0.39, 0.29) is 0 Å². The molecular formula is C18H8BrNS. The second-order valence-electron chi connectivity index (χ2n) is 5.10. The third-order valence-corrected chi connectivity index (χ3v) is 5.74. The normalized spacial score (nSPS) is 11.7. The molecule has 1 nitrogen and oxygen atoms in total. The van der Waals surface area contributed by atoms with Gasteiger partial charge >= 0.3 is 0 Å². The van der Waals surface area contributed by atoms with Crippen molar-refractivity contribution in [3.05, 3.63) is 59.1 Å². The number of aromatic nitrogens is 1. The zero-order chi connectivity index (χ0) is 14.0. The summed E-state index contributed by atoms with van der Waals surface area (Å²) < 4.78 is 3.75. The number of nitrogens with one attached hydrogen (secondary N) is 1. The van der Waals surface area contributed by atoms with Gasteiger partial charge in [-0.05, 0) is 24.3 Å². The van der Waals surface area contributed by atoms with Crippen LogP contribution in [-0.2, 0) is 0 Å². The smallest absolute Gasteiger partial charge is 0.0654 e. The Bertz CT molecular complexity index is 1150. The number of halogens is 1. The molecule has 3 heteroatoms. The lowest BCUT2D eigenvalue weighted by Crippen LogP contribution is -1.73. The van der Waals surface area contributed by atoms with Gasteiger partial charge in [-0.3, -0.25) is 0 Å². The van der Waals surface area contributed by atoms with Crippen molar-refractivity contribution in [2.24, 2.45) is 0 Å². The zero-order valence-corrected chi connectivity index (χ0v) is 13.2. The summed E-state index contributed by atoms with van der Waals surface area (Å²) in [6.07, 6.45) is 0. The van der Waals surface area contributed by atoms with Crippen molar-refractivity contribution < 1.29 is 0 Å². The highest BCUT2D eigenvalue weighted by Gasteiger charge is 2.14. The van der Waals surface area contributed by atoms with E-state index in [1.165, 1.54) is 31.1 Å². The van der Waals surface area contributed by atoms with Crippen molar-refractivity contribution in [1.82, 2.24) is 4.98 Å². The van der Waals surface area contributed by atoms with E-state index in [0.717, 1.165) is 15.4 Å². The topological polar surface area (TPSA) is 15.8 Å². The molecule has 0 aliphatic heterocycles. The van der Waals surface area contributed by atoms with Crippen LogP contribution < -0.4 is 0 Å². The third kappa shape index (κ3) is 1.47. The number of benzene rings is 2. The van der Waals surface area contributed by atoms with E-state index in [1.807, 2.05) is 17.4 Å². The van der Waals surface area contributed by atoms with Crippen LogP contribution in [0, 0.1) is 12.1 Å². The minimum absolute atomic E-state index is 1.10. The Morgan fingerprint density at radius 3 is 2.95 bits per heavy atom. The second-order valence-corrected chi connectivity index (χ2v) is 7.01. The van der Waals surface area contributed by atoms with Crippen molar-refractivity contribution in [1.29, 1.82) is 0 Å². The average Bonchev–Trinajstić information content (AvgIpc) is 3.06. The lowest BCUT2D eigenvalue weighted by molar-refractivity contribution is 1.57. The van der Waals surface area contributed by atoms with E-state index in [0.29, 0.717) is 0 Å². The Morgan fingerprint density at radius 1 is 1.10 bits per heavy atom. The minimum atomic E-state index is 1.10. The number of hydrogen-bond donors (Lipinski definition) is 1. The van der Waals surface area contributed by atoms with E-state index in [9.17, 15) is 0 Å². The number of rotatable bonds is 0. The van der Waals surface area contributed by atoms with E-state index in [2.05, 4.69) is 69.4 Å². The first kappa shape index (κ1) is 11.6. The number of hydrogen-bond acceptors (Lipinski definition) is 1. The molecule has 3 aromatic carbocycles. The maximum Gasteiger partial charge on any atom is 0.0654 e. The van der Waals surface area contributed by atoms with Gasteiger partial charge in [-0.2, -0.15) is 0 Å². The highest BCUT2D eigenvalue weighted by atomic mass is 79.9. The van der Waals surface area contributed by atoms with E-state index in [4.69, 9.17) is 0 Å². The fraction of sp³-hybridized carbons (Fsp3) is 0. The lowest BCUT2D eigenvalue weighted by atomic mass is 10.1. The molecule has 2 heterocycles. The van der Waals surface area contributed by atoms with Crippen molar-refractivity contribution >= 4 is 69.2 Å². The lowest BCUT2D eigenvalue weighted by Gasteiger charge is -1.98. The maximum absolute atomic E-state index is 3.76. The Labute approximate surface area is 133 Å². The van der Waals surface area contributed by atoms with Crippen LogP contribution in [0.1, 0.15) is 0 Å². The van der Waals surface area contributed by atoms with Crippen molar-refractivity contribution in [3.63, 3.8) is 0 Å². The third-order valence-electron chi connectivity index (χ3n) is 3.93.